The summed E-state index contributed by atoms with van der Waals surface area (Å²) in [5.74, 6) is -5.94. The molecular weight excluding hydrogens is 1160 g/mol. The fourth-order valence-electron chi connectivity index (χ4n) is 17.6. The molecule has 5 aliphatic carbocycles. The highest BCUT2D eigenvalue weighted by Crippen LogP contribution is 2.76. The Labute approximate surface area is 511 Å². The maximum absolute atomic E-state index is 14.3. The summed E-state index contributed by atoms with van der Waals surface area (Å²) in [6, 6.07) is 0. The number of aliphatic carboxylic acids is 1. The zero-order chi connectivity index (χ0) is 64.9. The monoisotopic (exact) mass is 1260 g/mol. The van der Waals surface area contributed by atoms with Crippen molar-refractivity contribution in [3.05, 3.63) is 23.5 Å². The van der Waals surface area contributed by atoms with E-state index in [0.29, 0.717) is 37.9 Å². The van der Waals surface area contributed by atoms with Gasteiger partial charge in [-0.05, 0) is 106 Å². The predicted octanol–water partition coefficient (Wildman–Crippen LogP) is -0.620. The van der Waals surface area contributed by atoms with E-state index in [9.17, 15) is 80.5 Å². The van der Waals surface area contributed by atoms with Crippen LogP contribution in [0.2, 0.25) is 0 Å². The molecule has 4 aliphatic heterocycles. The summed E-state index contributed by atoms with van der Waals surface area (Å²) in [5.41, 5.74) is -4.34. The first-order chi connectivity index (χ1) is 41.1. The Morgan fingerprint density at radius 3 is 1.91 bits per heavy atom. The van der Waals surface area contributed by atoms with Crippen molar-refractivity contribution in [3.63, 3.8) is 0 Å². The first-order valence-electron chi connectivity index (χ1n) is 30.7. The van der Waals surface area contributed by atoms with Gasteiger partial charge < -0.3 is 118 Å². The maximum atomic E-state index is 14.3. The molecule has 9 aliphatic rings. The predicted molar refractivity (Wildman–Crippen MR) is 298 cm³/mol. The Morgan fingerprint density at radius 2 is 1.31 bits per heavy atom. The number of carboxylic acid groups (broad SMARTS) is 1. The van der Waals surface area contributed by atoms with Gasteiger partial charge in [0.2, 0.25) is 0 Å². The average Bonchev–Trinajstić information content (AvgIpc) is 0.671. The van der Waals surface area contributed by atoms with Crippen molar-refractivity contribution < 1.29 is 133 Å². The smallest absolute Gasteiger partial charge is 0.335 e. The van der Waals surface area contributed by atoms with Crippen molar-refractivity contribution in [3.8, 4) is 0 Å². The number of ether oxygens (including phenoxy) is 11. The van der Waals surface area contributed by atoms with E-state index in [-0.39, 0.29) is 18.8 Å². The molecule has 0 amide bonds. The van der Waals surface area contributed by atoms with Crippen LogP contribution in [0.1, 0.15) is 121 Å². The number of allylic oxidation sites excluding steroid dienone is 4. The number of hydrogen-bond donors (Lipinski definition) is 12. The van der Waals surface area contributed by atoms with Crippen LogP contribution >= 0.6 is 0 Å². The number of carboxylic acids is 1. The van der Waals surface area contributed by atoms with Gasteiger partial charge in [-0.15, -0.1) is 0 Å². The molecule has 0 aromatic rings. The van der Waals surface area contributed by atoms with E-state index in [4.69, 9.17) is 52.1 Å². The van der Waals surface area contributed by atoms with E-state index in [1.54, 1.807) is 19.9 Å². The van der Waals surface area contributed by atoms with Gasteiger partial charge in [0.25, 0.3) is 0 Å². The first kappa shape index (κ1) is 69.0. The Bertz CT molecular complexity index is 2620. The van der Waals surface area contributed by atoms with Gasteiger partial charge >= 0.3 is 17.9 Å². The van der Waals surface area contributed by atoms with E-state index in [1.165, 1.54) is 13.8 Å². The molecule has 30 atom stereocenters. The highest BCUT2D eigenvalue weighted by molar-refractivity contribution is 5.73. The molecule has 9 rings (SSSR count). The van der Waals surface area contributed by atoms with E-state index < -0.39 is 223 Å². The van der Waals surface area contributed by atoms with Crippen LogP contribution in [0.4, 0.5) is 0 Å². The van der Waals surface area contributed by atoms with Gasteiger partial charge in [0, 0.05) is 19.3 Å². The molecule has 88 heavy (non-hydrogen) atoms. The van der Waals surface area contributed by atoms with Gasteiger partial charge in [0.1, 0.15) is 97.8 Å². The number of aldehydes is 1. The largest absolute Gasteiger partial charge is 0.491 e. The fourth-order valence-corrected chi connectivity index (χ4v) is 17.6. The van der Waals surface area contributed by atoms with Crippen LogP contribution in [0.5, 0.6) is 0 Å². The lowest BCUT2D eigenvalue weighted by Gasteiger charge is -2.72. The number of fused-ring (bicyclic) bond motifs is 7. The van der Waals surface area contributed by atoms with Gasteiger partial charge in [0.05, 0.1) is 49.1 Å². The van der Waals surface area contributed by atoms with Crippen molar-refractivity contribution in [1.29, 1.82) is 0 Å². The van der Waals surface area contributed by atoms with E-state index in [1.807, 2.05) is 20.8 Å². The Kier molecular flexibility index (Phi) is 19.7. The molecule has 8 fully saturated rings. The quantitative estimate of drug-likeness (QED) is 0.0301. The summed E-state index contributed by atoms with van der Waals surface area (Å²) in [5, 5.41) is 132. The van der Waals surface area contributed by atoms with Gasteiger partial charge in [0.15, 0.2) is 36.9 Å². The van der Waals surface area contributed by atoms with Crippen LogP contribution < -0.4 is 0 Å². The van der Waals surface area contributed by atoms with Crippen LogP contribution in [-0.4, -0.2) is 246 Å². The standard InChI is InChI=1S/C61H94O27/c1-12-26(2)80-49-50(82-28(4)66)61(25-64)30(19-55(49,5)6)29-13-14-35-56(7)17-16-36(57(8,24-63)34(56)15-18-58(35,9)59(29,10)20-37(61)81-27(3)65)83-54-47(88-60(11)48(75)41(72)40(71)33(21-62)87-60)44(43(74)45(85-54)51(76)77)84-53-46(39(70)32(68)23-79-53)86-52-42(73)38(69)31(67)22-78-52/h12-13,24,30-50,52-54,62,64,67-75H,14-23,25H2,1-11H3,(H,76,77)/b26-12-/t30-,31+,32-,33+,34+,35+,36?,37+,38-,39-,40-,41-,42+,43-,44-,45-,46+,47+,48+,49-,50-,52-,53-,54+,56-,57-,58+,59+,60-,61-/m0/s1. The second kappa shape index (κ2) is 25.1. The van der Waals surface area contributed by atoms with Crippen LogP contribution in [0.15, 0.2) is 23.5 Å². The van der Waals surface area contributed by atoms with Crippen molar-refractivity contribution >= 4 is 24.2 Å². The molecule has 1 unspecified atom stereocenters. The Hall–Kier alpha value is -3.40. The average molecular weight is 1260 g/mol. The molecule has 12 N–H and O–H groups in total. The van der Waals surface area contributed by atoms with Crippen LogP contribution in [0.25, 0.3) is 0 Å². The van der Waals surface area contributed by atoms with E-state index in [2.05, 4.69) is 26.8 Å². The highest BCUT2D eigenvalue weighted by atomic mass is 16.8. The summed E-state index contributed by atoms with van der Waals surface area (Å²) in [6.45, 7) is 17.1. The molecule has 27 nitrogen and oxygen atoms in total. The summed E-state index contributed by atoms with van der Waals surface area (Å²) in [6.07, 6.45) is -29.3. The first-order valence-corrected chi connectivity index (χ1v) is 30.7. The minimum Gasteiger partial charge on any atom is -0.491 e. The summed E-state index contributed by atoms with van der Waals surface area (Å²) >= 11 is 0. The Morgan fingerprint density at radius 1 is 0.670 bits per heavy atom. The molecule has 0 aromatic carbocycles. The zero-order valence-electron chi connectivity index (χ0n) is 51.9. The second-order valence-corrected chi connectivity index (χ2v) is 28.1. The third-order valence-electron chi connectivity index (χ3n) is 22.6. The van der Waals surface area contributed by atoms with Gasteiger partial charge in [-0.25, -0.2) is 4.79 Å². The van der Waals surface area contributed by atoms with Crippen LogP contribution in [-0.2, 0) is 71.3 Å². The van der Waals surface area contributed by atoms with Crippen LogP contribution in [0.3, 0.4) is 0 Å². The minimum absolute atomic E-state index is 0.113. The maximum Gasteiger partial charge on any atom is 0.335 e. The lowest BCUT2D eigenvalue weighted by molar-refractivity contribution is -0.422. The molecule has 0 spiro atoms. The number of carbonyl (C=O) groups is 4. The third kappa shape index (κ3) is 11.3. The molecule has 500 valence electrons. The summed E-state index contributed by atoms with van der Waals surface area (Å²) < 4.78 is 68.2. The fraction of sp³-hybridized carbons (Fsp3) is 0.869. The molecule has 0 radical (unpaired) electrons. The topological polar surface area (TPSA) is 413 Å². The molecule has 4 saturated heterocycles. The number of rotatable bonds is 16. The number of aliphatic hydroxyl groups excluding tert-OH is 11. The lowest BCUT2D eigenvalue weighted by Crippen LogP contribution is -2.73. The summed E-state index contributed by atoms with van der Waals surface area (Å²) in [4.78, 5) is 54.1. The Balaban J connectivity index is 1.08. The normalized spacial score (nSPS) is 51.0. The summed E-state index contributed by atoms with van der Waals surface area (Å²) in [7, 11) is 0. The van der Waals surface area contributed by atoms with Gasteiger partial charge in [-0.2, -0.15) is 0 Å². The van der Waals surface area contributed by atoms with E-state index >= 15 is 0 Å². The number of aliphatic hydroxyl groups is 11. The zero-order valence-corrected chi connectivity index (χ0v) is 51.9. The molecular formula is C61H94O27. The second-order valence-electron chi connectivity index (χ2n) is 28.1. The SMILES string of the molecule is C/C=C(/C)O[C@H]1[C@H](OC(C)=O)[C@]2(CO)[C@H](OC(C)=O)C[C@]3(C)C(=CC[C@@H]4[C@@]5(C)CCC(O[C@@H]6O[C@H](C(=O)O)[C@@H](O)[C@H](O[C@@H]7OC[C@H](O)[C@H](O)[C@H]7O[C@@H]7OC[C@@H](O)[C@H](O)[C@H]7O)[C@H]6O[C@]6(C)O[C@H](CO)[C@H](O)[C@H](O)[C@H]6O)[C@@](C)(C=O)[C@@H]5CC[C@]43C)[C@@H]2CC1(C)C. The van der Waals surface area contributed by atoms with Crippen molar-refractivity contribution in [2.24, 2.45) is 50.2 Å². The van der Waals surface area contributed by atoms with Crippen LogP contribution in [0, 0.1) is 50.2 Å². The number of hydrogen-bond acceptors (Lipinski definition) is 26. The molecule has 27 heteroatoms. The minimum atomic E-state index is -2.49. The molecule has 0 aromatic heterocycles. The van der Waals surface area contributed by atoms with Gasteiger partial charge in [-0.3, -0.25) is 9.59 Å². The third-order valence-corrected chi connectivity index (χ3v) is 22.6. The van der Waals surface area contributed by atoms with Crippen molar-refractivity contribution in [2.45, 2.75) is 256 Å². The lowest BCUT2D eigenvalue weighted by atomic mass is 9.33. The van der Waals surface area contributed by atoms with Crippen molar-refractivity contribution in [2.75, 3.05) is 26.4 Å². The molecule has 4 heterocycles. The molecule has 4 saturated carbocycles. The van der Waals surface area contributed by atoms with Gasteiger partial charge in [-0.1, -0.05) is 53.2 Å². The number of carbonyl (C=O) groups excluding carboxylic acids is 3. The highest BCUT2D eigenvalue weighted by Gasteiger charge is 2.75. The molecule has 0 bridgehead atoms. The van der Waals surface area contributed by atoms with Crippen molar-refractivity contribution in [1.82, 2.24) is 0 Å². The number of esters is 2. The van der Waals surface area contributed by atoms with E-state index in [0.717, 1.165) is 18.8 Å².